The van der Waals surface area contributed by atoms with Crippen molar-refractivity contribution in [1.82, 2.24) is 0 Å². The van der Waals surface area contributed by atoms with E-state index in [4.69, 9.17) is 10.5 Å². The maximum atomic E-state index is 14.1. The van der Waals surface area contributed by atoms with Crippen LogP contribution in [0.5, 0.6) is 5.75 Å². The minimum atomic E-state index is -0.412. The standard InChI is InChI=1S/C20H23FN2OS.ClH/c1-20(11-13-25-19(22)23-20)16-9-10-17(21)18(14-16)24-12-5-8-15-6-3-2-4-7-15;/h2-4,6-7,9-10,14H,5,8,11-13H2,1H3,(H2,22,23);1H. The first-order valence-corrected chi connectivity index (χ1v) is 9.50. The Hall–Kier alpha value is -1.72. The summed E-state index contributed by atoms with van der Waals surface area (Å²) in [6, 6.07) is 15.2. The Bertz CT molecular complexity index is 757. The fourth-order valence-electron chi connectivity index (χ4n) is 2.95. The predicted octanol–water partition coefficient (Wildman–Crippen LogP) is 4.93. The molecule has 1 unspecified atom stereocenters. The second-order valence-corrected chi connectivity index (χ2v) is 7.52. The van der Waals surface area contributed by atoms with Crippen molar-refractivity contribution in [2.45, 2.75) is 31.7 Å². The number of thioether (sulfide) groups is 1. The van der Waals surface area contributed by atoms with Crippen molar-refractivity contribution < 1.29 is 9.13 Å². The van der Waals surface area contributed by atoms with E-state index < -0.39 is 5.54 Å². The van der Waals surface area contributed by atoms with E-state index in [1.807, 2.05) is 25.1 Å². The number of ether oxygens (including phenoxy) is 1. The van der Waals surface area contributed by atoms with Gasteiger partial charge in [0.05, 0.1) is 12.1 Å². The molecule has 0 amide bonds. The number of benzene rings is 2. The zero-order valence-electron chi connectivity index (χ0n) is 14.8. The quantitative estimate of drug-likeness (QED) is 0.707. The molecule has 2 aromatic rings. The molecule has 1 heterocycles. The molecule has 0 spiro atoms. The zero-order valence-corrected chi connectivity index (χ0v) is 16.4. The van der Waals surface area contributed by atoms with Gasteiger partial charge < -0.3 is 10.5 Å². The number of aliphatic imine (C=N–C) groups is 1. The summed E-state index contributed by atoms with van der Waals surface area (Å²) in [4.78, 5) is 4.57. The number of nitrogens with two attached hydrogens (primary N) is 1. The number of amidine groups is 1. The van der Waals surface area contributed by atoms with Crippen LogP contribution in [0.4, 0.5) is 4.39 Å². The smallest absolute Gasteiger partial charge is 0.165 e. The first-order valence-electron chi connectivity index (χ1n) is 8.52. The summed E-state index contributed by atoms with van der Waals surface area (Å²) in [5, 5.41) is 0.586. The molecular weight excluding hydrogens is 371 g/mol. The SMILES string of the molecule is CC1(c2ccc(F)c(OCCCc3ccccc3)c2)CCSC(N)=N1.Cl. The van der Waals surface area contributed by atoms with Gasteiger partial charge in [-0.15, -0.1) is 12.4 Å². The third kappa shape index (κ3) is 5.15. The van der Waals surface area contributed by atoms with Crippen molar-refractivity contribution in [2.24, 2.45) is 10.7 Å². The summed E-state index contributed by atoms with van der Waals surface area (Å²) < 4.78 is 19.8. The molecule has 1 aliphatic rings. The highest BCUT2D eigenvalue weighted by molar-refractivity contribution is 8.13. The molecule has 0 aromatic heterocycles. The molecule has 1 aliphatic heterocycles. The molecule has 1 atom stereocenters. The summed E-state index contributed by atoms with van der Waals surface area (Å²) in [5.41, 5.74) is 7.67. The number of aryl methyl sites for hydroxylation is 1. The fourth-order valence-corrected chi connectivity index (χ4v) is 3.92. The summed E-state index contributed by atoms with van der Waals surface area (Å²) in [5.74, 6) is 0.865. The van der Waals surface area contributed by atoms with Crippen LogP contribution < -0.4 is 10.5 Å². The minimum Gasteiger partial charge on any atom is -0.490 e. The number of rotatable bonds is 6. The summed E-state index contributed by atoms with van der Waals surface area (Å²) in [6.45, 7) is 2.51. The molecule has 0 aliphatic carbocycles. The molecule has 0 saturated carbocycles. The highest BCUT2D eigenvalue weighted by Crippen LogP contribution is 2.36. The normalized spacial score (nSPS) is 19.4. The first-order chi connectivity index (χ1) is 12.1. The third-order valence-electron chi connectivity index (χ3n) is 4.46. The molecule has 6 heteroatoms. The van der Waals surface area contributed by atoms with Crippen LogP contribution in [0.3, 0.4) is 0 Å². The van der Waals surface area contributed by atoms with Gasteiger partial charge >= 0.3 is 0 Å². The highest BCUT2D eigenvalue weighted by Gasteiger charge is 2.30. The maximum absolute atomic E-state index is 14.1. The molecule has 0 radical (unpaired) electrons. The molecule has 3 rings (SSSR count). The van der Waals surface area contributed by atoms with E-state index in [0.29, 0.717) is 17.5 Å². The molecular formula is C20H24ClFN2OS. The van der Waals surface area contributed by atoms with Gasteiger partial charge in [0.2, 0.25) is 0 Å². The van der Waals surface area contributed by atoms with Crippen LogP contribution in [0, 0.1) is 5.82 Å². The lowest BCUT2D eigenvalue weighted by Crippen LogP contribution is -2.28. The fraction of sp³-hybridized carbons (Fsp3) is 0.350. The lowest BCUT2D eigenvalue weighted by atomic mass is 9.89. The average Bonchev–Trinajstić information content (AvgIpc) is 2.60. The average molecular weight is 395 g/mol. The van der Waals surface area contributed by atoms with E-state index in [1.165, 1.54) is 11.6 Å². The van der Waals surface area contributed by atoms with Crippen molar-refractivity contribution in [3.63, 3.8) is 0 Å². The molecule has 140 valence electrons. The van der Waals surface area contributed by atoms with Crippen molar-refractivity contribution in [1.29, 1.82) is 0 Å². The number of nitrogens with zero attached hydrogens (tertiary/aromatic N) is 1. The molecule has 26 heavy (non-hydrogen) atoms. The second-order valence-electron chi connectivity index (χ2n) is 6.41. The van der Waals surface area contributed by atoms with E-state index in [0.717, 1.165) is 30.6 Å². The van der Waals surface area contributed by atoms with E-state index >= 15 is 0 Å². The van der Waals surface area contributed by atoms with E-state index in [1.54, 1.807) is 23.9 Å². The largest absolute Gasteiger partial charge is 0.490 e. The molecule has 0 fully saturated rings. The van der Waals surface area contributed by atoms with Gasteiger partial charge in [-0.05, 0) is 49.4 Å². The van der Waals surface area contributed by atoms with Crippen LogP contribution >= 0.6 is 24.2 Å². The number of hydrogen-bond acceptors (Lipinski definition) is 4. The second kappa shape index (κ2) is 9.28. The van der Waals surface area contributed by atoms with Crippen LogP contribution in [0.15, 0.2) is 53.5 Å². The Kier molecular flexibility index (Phi) is 7.35. The predicted molar refractivity (Wildman–Crippen MR) is 110 cm³/mol. The lowest BCUT2D eigenvalue weighted by Gasteiger charge is -2.30. The third-order valence-corrected chi connectivity index (χ3v) is 5.25. The molecule has 2 N–H and O–H groups in total. The summed E-state index contributed by atoms with van der Waals surface area (Å²) >= 11 is 1.56. The number of hydrogen-bond donors (Lipinski definition) is 1. The van der Waals surface area contributed by atoms with Gasteiger partial charge in [0.15, 0.2) is 16.7 Å². The van der Waals surface area contributed by atoms with Crippen LogP contribution in [0.25, 0.3) is 0 Å². The van der Waals surface area contributed by atoms with Crippen molar-refractivity contribution in [3.05, 3.63) is 65.5 Å². The van der Waals surface area contributed by atoms with Crippen molar-refractivity contribution in [2.75, 3.05) is 12.4 Å². The van der Waals surface area contributed by atoms with Crippen molar-refractivity contribution >= 4 is 29.3 Å². The summed E-state index contributed by atoms with van der Waals surface area (Å²) in [6.07, 6.45) is 2.63. The van der Waals surface area contributed by atoms with Crippen LogP contribution in [0.1, 0.15) is 30.9 Å². The minimum absolute atomic E-state index is 0. The monoisotopic (exact) mass is 394 g/mol. The van der Waals surface area contributed by atoms with Gasteiger partial charge in [-0.3, -0.25) is 4.99 Å². The van der Waals surface area contributed by atoms with Crippen LogP contribution in [-0.4, -0.2) is 17.5 Å². The van der Waals surface area contributed by atoms with E-state index in [2.05, 4.69) is 17.1 Å². The van der Waals surface area contributed by atoms with E-state index in [-0.39, 0.29) is 18.2 Å². The Morgan fingerprint density at radius 3 is 2.73 bits per heavy atom. The molecule has 3 nitrogen and oxygen atoms in total. The molecule has 2 aromatic carbocycles. The Morgan fingerprint density at radius 2 is 2.00 bits per heavy atom. The Balaban J connectivity index is 0.00000243. The van der Waals surface area contributed by atoms with E-state index in [9.17, 15) is 4.39 Å². The summed E-state index contributed by atoms with van der Waals surface area (Å²) in [7, 11) is 0. The Morgan fingerprint density at radius 1 is 1.23 bits per heavy atom. The zero-order chi connectivity index (χ0) is 17.7. The Labute approximate surface area is 164 Å². The number of halogens is 2. The lowest BCUT2D eigenvalue weighted by molar-refractivity contribution is 0.294. The van der Waals surface area contributed by atoms with Gasteiger partial charge in [-0.1, -0.05) is 48.2 Å². The van der Waals surface area contributed by atoms with Crippen molar-refractivity contribution in [3.8, 4) is 5.75 Å². The maximum Gasteiger partial charge on any atom is 0.165 e. The first kappa shape index (κ1) is 20.6. The molecule has 0 saturated heterocycles. The topological polar surface area (TPSA) is 47.6 Å². The van der Waals surface area contributed by atoms with Gasteiger partial charge in [0.1, 0.15) is 0 Å². The van der Waals surface area contributed by atoms with Crippen LogP contribution in [-0.2, 0) is 12.0 Å². The van der Waals surface area contributed by atoms with Gasteiger partial charge in [0.25, 0.3) is 0 Å². The van der Waals surface area contributed by atoms with Crippen LogP contribution in [0.2, 0.25) is 0 Å². The molecule has 0 bridgehead atoms. The highest BCUT2D eigenvalue weighted by atomic mass is 35.5. The van der Waals surface area contributed by atoms with Gasteiger partial charge in [-0.25, -0.2) is 4.39 Å². The van der Waals surface area contributed by atoms with Gasteiger partial charge in [-0.2, -0.15) is 0 Å². The van der Waals surface area contributed by atoms with Gasteiger partial charge in [0, 0.05) is 5.75 Å².